The Bertz CT molecular complexity index is 1110. The minimum atomic E-state index is -4.54. The Balaban J connectivity index is 2.19. The molecule has 0 bridgehead atoms. The number of aryl methyl sites for hydroxylation is 2. The van der Waals surface area contributed by atoms with Gasteiger partial charge < -0.3 is 4.74 Å². The van der Waals surface area contributed by atoms with Crippen LogP contribution in [0.2, 0.25) is 0 Å². The number of pyridine rings is 1. The third kappa shape index (κ3) is 3.78. The van der Waals surface area contributed by atoms with E-state index in [9.17, 15) is 13.2 Å². The summed E-state index contributed by atoms with van der Waals surface area (Å²) in [7, 11) is 0. The number of aromatic nitrogens is 3. The van der Waals surface area contributed by atoms with Gasteiger partial charge in [-0.1, -0.05) is 6.07 Å². The van der Waals surface area contributed by atoms with Crippen LogP contribution in [0.5, 0.6) is 11.6 Å². The van der Waals surface area contributed by atoms with E-state index >= 15 is 0 Å². The molecule has 0 radical (unpaired) electrons. The van der Waals surface area contributed by atoms with Crippen LogP contribution in [0.15, 0.2) is 42.6 Å². The fourth-order valence-corrected chi connectivity index (χ4v) is 2.64. The van der Waals surface area contributed by atoms with Crippen molar-refractivity contribution in [2.45, 2.75) is 20.0 Å². The van der Waals surface area contributed by atoms with E-state index in [1.807, 2.05) is 0 Å². The van der Waals surface area contributed by atoms with E-state index in [4.69, 9.17) is 15.6 Å². The number of hydrogen-bond donors (Lipinski definition) is 2. The van der Waals surface area contributed by atoms with E-state index in [0.29, 0.717) is 22.4 Å². The minimum absolute atomic E-state index is 0.00150. The average Bonchev–Trinajstić information content (AvgIpc) is 2.64. The molecule has 6 nitrogen and oxygen atoms in total. The Morgan fingerprint density at radius 1 is 1.11 bits per heavy atom. The Hall–Kier alpha value is -3.49. The summed E-state index contributed by atoms with van der Waals surface area (Å²) >= 11 is 0. The van der Waals surface area contributed by atoms with Crippen LogP contribution in [-0.2, 0) is 6.18 Å². The van der Waals surface area contributed by atoms with Crippen LogP contribution in [0.3, 0.4) is 0 Å². The van der Waals surface area contributed by atoms with Gasteiger partial charge in [0.25, 0.3) is 0 Å². The number of ether oxygens (including phenoxy) is 1. The molecule has 2 aromatic heterocycles. The maximum absolute atomic E-state index is 13.2. The molecule has 28 heavy (non-hydrogen) atoms. The van der Waals surface area contributed by atoms with Crippen LogP contribution >= 0.6 is 0 Å². The van der Waals surface area contributed by atoms with E-state index in [-0.39, 0.29) is 17.1 Å². The molecule has 0 fully saturated rings. The molecular weight excluding hydrogens is 371 g/mol. The third-order valence-corrected chi connectivity index (χ3v) is 4.07. The molecule has 0 aliphatic carbocycles. The zero-order chi connectivity index (χ0) is 20.5. The standard InChI is InChI=1S/C19H16F3N5O/c1-11-8-17(24)27(10-23)26-18(11)28-16-9-13(19(20,21)22)5-6-15(16)14-4-3-7-25-12(14)2/h3-10,23-24H,1-2H3. The summed E-state index contributed by atoms with van der Waals surface area (Å²) in [6.45, 7) is 3.37. The van der Waals surface area contributed by atoms with Crippen LogP contribution in [0.4, 0.5) is 13.2 Å². The zero-order valence-electron chi connectivity index (χ0n) is 15.0. The summed E-state index contributed by atoms with van der Waals surface area (Å²) in [6.07, 6.45) is -2.13. The van der Waals surface area contributed by atoms with Gasteiger partial charge in [-0.15, -0.1) is 5.10 Å². The maximum Gasteiger partial charge on any atom is 0.416 e. The summed E-state index contributed by atoms with van der Waals surface area (Å²) in [5.74, 6) is -0.0441. The smallest absolute Gasteiger partial charge is 0.416 e. The first-order valence-corrected chi connectivity index (χ1v) is 8.17. The van der Waals surface area contributed by atoms with Crippen LogP contribution in [0.25, 0.3) is 11.1 Å². The van der Waals surface area contributed by atoms with Crippen molar-refractivity contribution in [3.63, 3.8) is 0 Å². The highest BCUT2D eigenvalue weighted by Gasteiger charge is 2.31. The summed E-state index contributed by atoms with van der Waals surface area (Å²) in [5, 5.41) is 19.0. The summed E-state index contributed by atoms with van der Waals surface area (Å²) in [5.41, 5.74) is 1.23. The molecule has 0 aliphatic heterocycles. The van der Waals surface area contributed by atoms with Crippen LogP contribution in [0, 0.1) is 24.7 Å². The van der Waals surface area contributed by atoms with Crippen molar-refractivity contribution in [1.29, 1.82) is 10.8 Å². The van der Waals surface area contributed by atoms with Gasteiger partial charge in [0.15, 0.2) is 0 Å². The van der Waals surface area contributed by atoms with Gasteiger partial charge in [-0.2, -0.15) is 13.2 Å². The molecule has 3 rings (SSSR count). The first kappa shape index (κ1) is 19.3. The van der Waals surface area contributed by atoms with Crippen molar-refractivity contribution in [2.24, 2.45) is 0 Å². The van der Waals surface area contributed by atoms with Crippen molar-refractivity contribution in [3.8, 4) is 22.8 Å². The van der Waals surface area contributed by atoms with E-state index in [2.05, 4.69) is 10.1 Å². The zero-order valence-corrected chi connectivity index (χ0v) is 15.0. The molecule has 3 aromatic rings. The minimum Gasteiger partial charge on any atom is -0.437 e. The molecule has 9 heteroatoms. The van der Waals surface area contributed by atoms with E-state index in [1.165, 1.54) is 12.1 Å². The highest BCUT2D eigenvalue weighted by Crippen LogP contribution is 2.39. The predicted octanol–water partition coefficient (Wildman–Crippen LogP) is 4.31. The Labute approximate surface area is 158 Å². The number of alkyl halides is 3. The molecule has 0 saturated carbocycles. The lowest BCUT2D eigenvalue weighted by molar-refractivity contribution is -0.137. The second-order valence-electron chi connectivity index (χ2n) is 6.04. The summed E-state index contributed by atoms with van der Waals surface area (Å²) in [6, 6.07) is 8.07. The van der Waals surface area contributed by atoms with Crippen molar-refractivity contribution >= 4 is 6.34 Å². The molecule has 2 heterocycles. The normalized spacial score (nSPS) is 11.3. The second kappa shape index (κ2) is 7.26. The van der Waals surface area contributed by atoms with Crippen LogP contribution in [0.1, 0.15) is 16.8 Å². The number of hydrogen-bond acceptors (Lipinski definition) is 5. The predicted molar refractivity (Wildman–Crippen MR) is 96.5 cm³/mol. The number of nitrogens with zero attached hydrogens (tertiary/aromatic N) is 3. The van der Waals surface area contributed by atoms with Crippen molar-refractivity contribution in [3.05, 3.63) is 64.9 Å². The van der Waals surface area contributed by atoms with Crippen LogP contribution < -0.4 is 10.2 Å². The van der Waals surface area contributed by atoms with Crippen molar-refractivity contribution < 1.29 is 17.9 Å². The number of halogens is 3. The third-order valence-electron chi connectivity index (χ3n) is 4.07. The largest absolute Gasteiger partial charge is 0.437 e. The van der Waals surface area contributed by atoms with Gasteiger partial charge in [0.2, 0.25) is 5.88 Å². The van der Waals surface area contributed by atoms with Crippen molar-refractivity contribution in [1.82, 2.24) is 14.8 Å². The summed E-state index contributed by atoms with van der Waals surface area (Å²) in [4.78, 5) is 4.18. The maximum atomic E-state index is 13.2. The SMILES string of the molecule is Cc1cc(=N)n(C=N)nc1Oc1cc(C(F)(F)F)ccc1-c1cccnc1C. The van der Waals surface area contributed by atoms with Gasteiger partial charge in [-0.25, -0.2) is 4.68 Å². The lowest BCUT2D eigenvalue weighted by atomic mass is 10.0. The van der Waals surface area contributed by atoms with Gasteiger partial charge in [-0.3, -0.25) is 15.8 Å². The van der Waals surface area contributed by atoms with Gasteiger partial charge in [0.1, 0.15) is 17.6 Å². The molecule has 2 N–H and O–H groups in total. The number of rotatable bonds is 4. The van der Waals surface area contributed by atoms with Gasteiger partial charge in [0, 0.05) is 28.6 Å². The molecule has 1 aromatic carbocycles. The molecule has 0 amide bonds. The van der Waals surface area contributed by atoms with E-state index < -0.39 is 11.7 Å². The van der Waals surface area contributed by atoms with E-state index in [0.717, 1.165) is 23.2 Å². The molecule has 0 atom stereocenters. The molecule has 0 unspecified atom stereocenters. The van der Waals surface area contributed by atoms with Gasteiger partial charge >= 0.3 is 6.18 Å². The number of benzene rings is 1. The Kier molecular flexibility index (Phi) is 5.00. The monoisotopic (exact) mass is 387 g/mol. The van der Waals surface area contributed by atoms with E-state index in [1.54, 1.807) is 32.2 Å². The molecule has 0 saturated heterocycles. The Morgan fingerprint density at radius 3 is 2.50 bits per heavy atom. The van der Waals surface area contributed by atoms with Crippen molar-refractivity contribution in [2.75, 3.05) is 0 Å². The summed E-state index contributed by atoms with van der Waals surface area (Å²) < 4.78 is 46.4. The average molecular weight is 387 g/mol. The Morgan fingerprint density at radius 2 is 1.86 bits per heavy atom. The lowest BCUT2D eigenvalue weighted by Gasteiger charge is -2.16. The number of nitrogens with one attached hydrogen (secondary N) is 2. The topological polar surface area (TPSA) is 87.6 Å². The highest BCUT2D eigenvalue weighted by molar-refractivity contribution is 5.73. The highest BCUT2D eigenvalue weighted by atomic mass is 19.4. The first-order valence-electron chi connectivity index (χ1n) is 8.17. The second-order valence-corrected chi connectivity index (χ2v) is 6.04. The fraction of sp³-hybridized carbons (Fsp3) is 0.158. The molecule has 144 valence electrons. The molecule has 0 spiro atoms. The quantitative estimate of drug-likeness (QED) is 0.517. The molecular formula is C19H16F3N5O. The van der Waals surface area contributed by atoms with Gasteiger partial charge in [-0.05, 0) is 44.2 Å². The lowest BCUT2D eigenvalue weighted by Crippen LogP contribution is -2.22. The fourth-order valence-electron chi connectivity index (χ4n) is 2.64. The van der Waals surface area contributed by atoms with Gasteiger partial charge in [0.05, 0.1) is 5.56 Å². The first-order chi connectivity index (χ1) is 13.2. The molecule has 0 aliphatic rings. The van der Waals surface area contributed by atoms with Crippen LogP contribution in [-0.4, -0.2) is 21.1 Å².